The van der Waals surface area contributed by atoms with E-state index in [1.165, 1.54) is 25.7 Å². The molecule has 3 nitrogen and oxygen atoms in total. The number of hydrogen-bond donors (Lipinski definition) is 2. The van der Waals surface area contributed by atoms with E-state index in [0.717, 1.165) is 38.0 Å². The summed E-state index contributed by atoms with van der Waals surface area (Å²) in [6, 6.07) is 0.410. The monoisotopic (exact) mass is 252 g/mol. The number of rotatable bonds is 4. The predicted octanol–water partition coefficient (Wildman–Crippen LogP) is 2.73. The van der Waals surface area contributed by atoms with Crippen molar-refractivity contribution in [2.45, 2.75) is 82.7 Å². The molecule has 0 saturated heterocycles. The normalized spacial score (nSPS) is 31.2. The molecule has 0 bridgehead atoms. The Bertz CT molecular complexity index is 276. The third-order valence-corrected chi connectivity index (χ3v) is 4.82. The van der Waals surface area contributed by atoms with Gasteiger partial charge in [-0.25, -0.2) is 0 Å². The van der Waals surface area contributed by atoms with Crippen LogP contribution in [0.15, 0.2) is 0 Å². The van der Waals surface area contributed by atoms with Crippen molar-refractivity contribution in [2.24, 2.45) is 11.7 Å². The van der Waals surface area contributed by atoms with Crippen LogP contribution in [-0.4, -0.2) is 17.5 Å². The Morgan fingerprint density at radius 1 is 1.22 bits per heavy atom. The minimum atomic E-state index is 0.0893. The smallest absolute Gasteiger partial charge is 0.220 e. The number of nitrogens with one attached hydrogen (secondary N) is 1. The molecule has 18 heavy (non-hydrogen) atoms. The van der Waals surface area contributed by atoms with E-state index in [-0.39, 0.29) is 11.4 Å². The Kier molecular flexibility index (Phi) is 4.66. The van der Waals surface area contributed by atoms with E-state index in [2.05, 4.69) is 12.2 Å². The molecule has 104 valence electrons. The maximum Gasteiger partial charge on any atom is 0.220 e. The molecule has 0 aromatic carbocycles. The van der Waals surface area contributed by atoms with Gasteiger partial charge < -0.3 is 11.1 Å². The van der Waals surface area contributed by atoms with Crippen molar-refractivity contribution in [1.82, 2.24) is 5.32 Å². The Hall–Kier alpha value is -0.570. The van der Waals surface area contributed by atoms with Gasteiger partial charge in [0, 0.05) is 18.0 Å². The maximum absolute atomic E-state index is 12.0. The van der Waals surface area contributed by atoms with Crippen molar-refractivity contribution in [3.8, 4) is 0 Å². The summed E-state index contributed by atoms with van der Waals surface area (Å²) in [5, 5.41) is 3.24. The fourth-order valence-corrected chi connectivity index (χ4v) is 3.49. The fraction of sp³-hybridized carbons (Fsp3) is 0.933. The lowest BCUT2D eigenvalue weighted by Gasteiger charge is -2.28. The van der Waals surface area contributed by atoms with Gasteiger partial charge in [0.15, 0.2) is 0 Å². The second kappa shape index (κ2) is 6.05. The summed E-state index contributed by atoms with van der Waals surface area (Å²) in [6.07, 6.45) is 11.3. The van der Waals surface area contributed by atoms with Gasteiger partial charge >= 0.3 is 0 Å². The van der Waals surface area contributed by atoms with E-state index in [9.17, 15) is 4.79 Å². The molecule has 3 heteroatoms. The van der Waals surface area contributed by atoms with E-state index >= 15 is 0 Å². The van der Waals surface area contributed by atoms with Crippen LogP contribution in [0.1, 0.15) is 71.1 Å². The summed E-state index contributed by atoms with van der Waals surface area (Å²) in [6.45, 7) is 2.19. The number of amides is 1. The highest BCUT2D eigenvalue weighted by atomic mass is 16.1. The van der Waals surface area contributed by atoms with Gasteiger partial charge in [0.1, 0.15) is 0 Å². The van der Waals surface area contributed by atoms with Crippen LogP contribution < -0.4 is 11.1 Å². The Morgan fingerprint density at radius 2 is 1.83 bits per heavy atom. The molecule has 0 aromatic rings. The Balaban J connectivity index is 1.65. The first-order valence-electron chi connectivity index (χ1n) is 7.64. The summed E-state index contributed by atoms with van der Waals surface area (Å²) >= 11 is 0. The molecule has 3 N–H and O–H groups in total. The summed E-state index contributed by atoms with van der Waals surface area (Å²) in [4.78, 5) is 12.0. The van der Waals surface area contributed by atoms with Crippen molar-refractivity contribution in [2.75, 3.05) is 0 Å². The number of carbonyl (C=O) groups excluding carboxylic acids is 1. The van der Waals surface area contributed by atoms with Gasteiger partial charge in [-0.1, -0.05) is 12.8 Å². The highest BCUT2D eigenvalue weighted by molar-refractivity contribution is 5.76. The van der Waals surface area contributed by atoms with Crippen molar-refractivity contribution in [3.05, 3.63) is 0 Å². The molecule has 0 heterocycles. The lowest BCUT2D eigenvalue weighted by atomic mass is 9.83. The zero-order valence-corrected chi connectivity index (χ0v) is 11.7. The first kappa shape index (κ1) is 13.9. The predicted molar refractivity (Wildman–Crippen MR) is 74.2 cm³/mol. The Morgan fingerprint density at radius 3 is 2.44 bits per heavy atom. The second-order valence-electron chi connectivity index (χ2n) is 6.64. The van der Waals surface area contributed by atoms with Crippen LogP contribution in [0.25, 0.3) is 0 Å². The average molecular weight is 252 g/mol. The molecule has 2 aliphatic carbocycles. The molecule has 2 aliphatic rings. The topological polar surface area (TPSA) is 55.1 Å². The molecule has 0 radical (unpaired) electrons. The average Bonchev–Trinajstić information content (AvgIpc) is 2.75. The van der Waals surface area contributed by atoms with Gasteiger partial charge in [-0.15, -0.1) is 0 Å². The molecular weight excluding hydrogens is 224 g/mol. The summed E-state index contributed by atoms with van der Waals surface area (Å²) in [5.74, 6) is 0.987. The first-order chi connectivity index (χ1) is 8.57. The van der Waals surface area contributed by atoms with E-state index in [1.54, 1.807) is 0 Å². The highest BCUT2D eigenvalue weighted by Crippen LogP contribution is 2.30. The molecule has 0 unspecified atom stereocenters. The van der Waals surface area contributed by atoms with Gasteiger partial charge in [0.2, 0.25) is 5.91 Å². The SMILES string of the molecule is CC1(NC(=O)CCC2CCC(N)CC2)CCCC1. The quantitative estimate of drug-likeness (QED) is 0.808. The molecule has 0 aliphatic heterocycles. The summed E-state index contributed by atoms with van der Waals surface area (Å²) in [5.41, 5.74) is 5.99. The molecule has 1 amide bonds. The van der Waals surface area contributed by atoms with Gasteiger partial charge in [-0.2, -0.15) is 0 Å². The molecule has 0 aromatic heterocycles. The zero-order chi connectivity index (χ0) is 13.0. The third kappa shape index (κ3) is 3.98. The largest absolute Gasteiger partial charge is 0.351 e. The van der Waals surface area contributed by atoms with Crippen LogP contribution in [-0.2, 0) is 4.79 Å². The van der Waals surface area contributed by atoms with Crippen molar-refractivity contribution in [3.63, 3.8) is 0 Å². The lowest BCUT2D eigenvalue weighted by molar-refractivity contribution is -0.123. The summed E-state index contributed by atoms with van der Waals surface area (Å²) in [7, 11) is 0. The second-order valence-corrected chi connectivity index (χ2v) is 6.64. The standard InChI is InChI=1S/C15H28N2O/c1-15(10-2-3-11-15)17-14(18)9-6-12-4-7-13(16)8-5-12/h12-13H,2-11,16H2,1H3,(H,17,18). The molecule has 2 saturated carbocycles. The number of carbonyl (C=O) groups is 1. The Labute approximate surface area is 111 Å². The number of nitrogens with two attached hydrogens (primary N) is 1. The molecule has 2 fully saturated rings. The molecule has 0 spiro atoms. The fourth-order valence-electron chi connectivity index (χ4n) is 3.49. The summed E-state index contributed by atoms with van der Waals surface area (Å²) < 4.78 is 0. The first-order valence-corrected chi connectivity index (χ1v) is 7.64. The third-order valence-electron chi connectivity index (χ3n) is 4.82. The highest BCUT2D eigenvalue weighted by Gasteiger charge is 2.30. The van der Waals surface area contributed by atoms with E-state index < -0.39 is 0 Å². The molecular formula is C15H28N2O. The van der Waals surface area contributed by atoms with E-state index in [0.29, 0.717) is 12.5 Å². The molecule has 2 rings (SSSR count). The van der Waals surface area contributed by atoms with Gasteiger partial charge in [0.25, 0.3) is 0 Å². The zero-order valence-electron chi connectivity index (χ0n) is 11.7. The van der Waals surface area contributed by atoms with Crippen molar-refractivity contribution >= 4 is 5.91 Å². The maximum atomic E-state index is 12.0. The van der Waals surface area contributed by atoms with Gasteiger partial charge in [-0.3, -0.25) is 4.79 Å². The number of hydrogen-bond acceptors (Lipinski definition) is 2. The minimum absolute atomic E-state index is 0.0893. The van der Waals surface area contributed by atoms with Crippen molar-refractivity contribution in [1.29, 1.82) is 0 Å². The van der Waals surface area contributed by atoms with Crippen LogP contribution in [0.4, 0.5) is 0 Å². The van der Waals surface area contributed by atoms with Crippen LogP contribution in [0, 0.1) is 5.92 Å². The van der Waals surface area contributed by atoms with Crippen LogP contribution in [0.2, 0.25) is 0 Å². The van der Waals surface area contributed by atoms with Crippen molar-refractivity contribution < 1.29 is 4.79 Å². The molecule has 0 atom stereocenters. The minimum Gasteiger partial charge on any atom is -0.351 e. The van der Waals surface area contributed by atoms with Crippen LogP contribution in [0.5, 0.6) is 0 Å². The van der Waals surface area contributed by atoms with E-state index in [4.69, 9.17) is 5.73 Å². The van der Waals surface area contributed by atoms with Crippen LogP contribution in [0.3, 0.4) is 0 Å². The lowest BCUT2D eigenvalue weighted by Crippen LogP contribution is -2.43. The van der Waals surface area contributed by atoms with E-state index in [1.807, 2.05) is 0 Å². The van der Waals surface area contributed by atoms with Gasteiger partial charge in [0.05, 0.1) is 0 Å². The van der Waals surface area contributed by atoms with Gasteiger partial charge in [-0.05, 0) is 57.8 Å². The van der Waals surface area contributed by atoms with Crippen LogP contribution >= 0.6 is 0 Å².